The van der Waals surface area contributed by atoms with Gasteiger partial charge in [-0.1, -0.05) is 41.4 Å². The normalized spacial score (nSPS) is 20.3. The van der Waals surface area contributed by atoms with Gasteiger partial charge in [0.1, 0.15) is 10.8 Å². The molecule has 17 heavy (non-hydrogen) atoms. The summed E-state index contributed by atoms with van der Waals surface area (Å²) >= 11 is 11.3. The van der Waals surface area contributed by atoms with Gasteiger partial charge in [0.2, 0.25) is 0 Å². The first-order chi connectivity index (χ1) is 8.02. The maximum atomic E-state index is 11.7. The van der Waals surface area contributed by atoms with Crippen LogP contribution in [0.4, 0.5) is 0 Å². The number of carbonyl (C=O) groups is 1. The van der Waals surface area contributed by atoms with Gasteiger partial charge >= 0.3 is 0 Å². The van der Waals surface area contributed by atoms with Gasteiger partial charge < -0.3 is 15.1 Å². The molecule has 0 fully saturated rings. The molecule has 1 aromatic rings. The Hall–Kier alpha value is -1.23. The average molecular weight is 274 g/mol. The summed E-state index contributed by atoms with van der Waals surface area (Å²) in [6, 6.07) is 6.53. The highest BCUT2D eigenvalue weighted by Crippen LogP contribution is 2.32. The number of nitrogens with zero attached hydrogens (tertiary/aromatic N) is 1. The number of benzene rings is 1. The minimum absolute atomic E-state index is 0.0408. The minimum atomic E-state index is -1.25. The Morgan fingerprint density at radius 1 is 1.29 bits per heavy atom. The third kappa shape index (κ3) is 2.11. The number of phenols is 1. The van der Waals surface area contributed by atoms with E-state index in [-0.39, 0.29) is 22.4 Å². The molecular formula is C11H9Cl2NO3. The molecule has 2 rings (SSSR count). The van der Waals surface area contributed by atoms with E-state index >= 15 is 0 Å². The largest absolute Gasteiger partial charge is 0.508 e. The second-order valence-electron chi connectivity index (χ2n) is 3.60. The van der Waals surface area contributed by atoms with Crippen LogP contribution in [0, 0.1) is 0 Å². The van der Waals surface area contributed by atoms with E-state index in [1.165, 1.54) is 6.07 Å². The minimum Gasteiger partial charge on any atom is -0.508 e. The Labute approximate surface area is 108 Å². The molecule has 4 nitrogen and oxygen atoms in total. The second-order valence-corrected chi connectivity index (χ2v) is 4.38. The van der Waals surface area contributed by atoms with E-state index in [1.807, 2.05) is 0 Å². The molecular weight excluding hydrogens is 265 g/mol. The van der Waals surface area contributed by atoms with Crippen LogP contribution < -0.4 is 0 Å². The monoisotopic (exact) mass is 273 g/mol. The predicted molar refractivity (Wildman–Crippen MR) is 63.4 cm³/mol. The maximum Gasteiger partial charge on any atom is 0.269 e. The Bertz CT molecular complexity index is 501. The summed E-state index contributed by atoms with van der Waals surface area (Å²) in [7, 11) is 0. The summed E-state index contributed by atoms with van der Waals surface area (Å²) in [5, 5.41) is 19.0. The van der Waals surface area contributed by atoms with Crippen molar-refractivity contribution in [3.8, 4) is 5.75 Å². The highest BCUT2D eigenvalue weighted by Gasteiger charge is 2.36. The standard InChI is InChI=1S/C11H9Cl2NO3/c12-8-9(13)11(17)14(10(8)16)5-6-3-1-2-4-7(6)15/h1-4,10,15-16H,5H2. The number of rotatable bonds is 2. The summed E-state index contributed by atoms with van der Waals surface area (Å²) in [5.41, 5.74) is 0.510. The molecule has 0 spiro atoms. The fraction of sp³-hybridized carbons (Fsp3) is 0.182. The molecule has 0 bridgehead atoms. The van der Waals surface area contributed by atoms with Crippen molar-refractivity contribution in [2.75, 3.05) is 0 Å². The van der Waals surface area contributed by atoms with Crippen molar-refractivity contribution in [3.63, 3.8) is 0 Å². The fourth-order valence-corrected chi connectivity index (χ4v) is 1.98. The van der Waals surface area contributed by atoms with Crippen LogP contribution in [0.2, 0.25) is 0 Å². The quantitative estimate of drug-likeness (QED) is 0.863. The number of aliphatic hydroxyl groups is 1. The van der Waals surface area contributed by atoms with Gasteiger partial charge in [-0.2, -0.15) is 0 Å². The third-order valence-corrected chi connectivity index (χ3v) is 3.36. The van der Waals surface area contributed by atoms with Crippen LogP contribution in [0.15, 0.2) is 34.3 Å². The number of phenolic OH excluding ortho intramolecular Hbond substituents is 1. The van der Waals surface area contributed by atoms with Crippen molar-refractivity contribution < 1.29 is 15.0 Å². The number of aromatic hydroxyl groups is 1. The molecule has 0 saturated carbocycles. The first kappa shape index (κ1) is 12.2. The van der Waals surface area contributed by atoms with Crippen LogP contribution >= 0.6 is 23.2 Å². The number of amides is 1. The first-order valence-corrected chi connectivity index (χ1v) is 5.59. The summed E-state index contributed by atoms with van der Waals surface area (Å²) in [4.78, 5) is 12.7. The van der Waals surface area contributed by atoms with Crippen molar-refractivity contribution in [2.45, 2.75) is 12.8 Å². The van der Waals surface area contributed by atoms with Crippen molar-refractivity contribution in [1.29, 1.82) is 0 Å². The molecule has 1 aromatic carbocycles. The zero-order chi connectivity index (χ0) is 12.6. The molecule has 0 aromatic heterocycles. The maximum absolute atomic E-state index is 11.7. The van der Waals surface area contributed by atoms with Crippen LogP contribution in [-0.2, 0) is 11.3 Å². The molecule has 1 unspecified atom stereocenters. The lowest BCUT2D eigenvalue weighted by molar-refractivity contribution is -0.132. The van der Waals surface area contributed by atoms with Gasteiger partial charge in [-0.05, 0) is 6.07 Å². The van der Waals surface area contributed by atoms with Crippen LogP contribution in [0.1, 0.15) is 5.56 Å². The van der Waals surface area contributed by atoms with E-state index in [9.17, 15) is 15.0 Å². The topological polar surface area (TPSA) is 60.8 Å². The number of hydrogen-bond acceptors (Lipinski definition) is 3. The molecule has 0 saturated heterocycles. The smallest absolute Gasteiger partial charge is 0.269 e. The molecule has 0 radical (unpaired) electrons. The SMILES string of the molecule is O=C1C(Cl)=C(Cl)C(O)N1Cc1ccccc1O. The van der Waals surface area contributed by atoms with Crippen molar-refractivity contribution >= 4 is 29.1 Å². The lowest BCUT2D eigenvalue weighted by Gasteiger charge is -2.21. The molecule has 1 aliphatic rings. The van der Waals surface area contributed by atoms with Gasteiger partial charge in [-0.15, -0.1) is 0 Å². The van der Waals surface area contributed by atoms with E-state index in [0.29, 0.717) is 5.56 Å². The molecule has 1 amide bonds. The van der Waals surface area contributed by atoms with Gasteiger partial charge in [-0.3, -0.25) is 4.79 Å². The second kappa shape index (κ2) is 4.56. The molecule has 6 heteroatoms. The van der Waals surface area contributed by atoms with Crippen LogP contribution in [0.25, 0.3) is 0 Å². The Morgan fingerprint density at radius 2 is 1.94 bits per heavy atom. The van der Waals surface area contributed by atoms with E-state index in [4.69, 9.17) is 23.2 Å². The number of aliphatic hydroxyl groups excluding tert-OH is 1. The Morgan fingerprint density at radius 3 is 2.47 bits per heavy atom. The first-order valence-electron chi connectivity index (χ1n) is 4.83. The van der Waals surface area contributed by atoms with Crippen LogP contribution in [0.3, 0.4) is 0 Å². The highest BCUT2D eigenvalue weighted by molar-refractivity contribution is 6.49. The summed E-state index contributed by atoms with van der Waals surface area (Å²) in [6.07, 6.45) is -1.25. The van der Waals surface area contributed by atoms with Gasteiger partial charge in [-0.25, -0.2) is 0 Å². The van der Waals surface area contributed by atoms with Crippen LogP contribution in [-0.4, -0.2) is 27.2 Å². The zero-order valence-corrected chi connectivity index (χ0v) is 10.1. The third-order valence-electron chi connectivity index (χ3n) is 2.51. The van der Waals surface area contributed by atoms with Gasteiger partial charge in [0.05, 0.1) is 11.6 Å². The van der Waals surface area contributed by atoms with Crippen LogP contribution in [0.5, 0.6) is 5.75 Å². The number of hydrogen-bond donors (Lipinski definition) is 2. The van der Waals surface area contributed by atoms with Crippen molar-refractivity contribution in [1.82, 2.24) is 4.90 Å². The number of halogens is 2. The van der Waals surface area contributed by atoms with E-state index in [0.717, 1.165) is 4.90 Å². The molecule has 2 N–H and O–H groups in total. The van der Waals surface area contributed by atoms with E-state index < -0.39 is 12.1 Å². The zero-order valence-electron chi connectivity index (χ0n) is 8.60. The molecule has 90 valence electrons. The lowest BCUT2D eigenvalue weighted by atomic mass is 10.2. The predicted octanol–water partition coefficient (Wildman–Crippen LogP) is 1.74. The molecule has 0 aliphatic carbocycles. The van der Waals surface area contributed by atoms with E-state index in [1.54, 1.807) is 18.2 Å². The average Bonchev–Trinajstić information content (AvgIpc) is 2.50. The van der Waals surface area contributed by atoms with Crippen molar-refractivity contribution in [2.24, 2.45) is 0 Å². The van der Waals surface area contributed by atoms with Gasteiger partial charge in [0.15, 0.2) is 6.23 Å². The molecule has 1 atom stereocenters. The summed E-state index contributed by atoms with van der Waals surface area (Å²) < 4.78 is 0. The highest BCUT2D eigenvalue weighted by atomic mass is 35.5. The van der Waals surface area contributed by atoms with Gasteiger partial charge in [0, 0.05) is 5.56 Å². The lowest BCUT2D eigenvalue weighted by Crippen LogP contribution is -2.34. The number of para-hydroxylation sites is 1. The molecule has 1 heterocycles. The van der Waals surface area contributed by atoms with E-state index in [2.05, 4.69) is 0 Å². The summed E-state index contributed by atoms with van der Waals surface area (Å²) in [6.45, 7) is 0.0408. The molecule has 1 aliphatic heterocycles. The Balaban J connectivity index is 2.23. The van der Waals surface area contributed by atoms with Crippen molar-refractivity contribution in [3.05, 3.63) is 39.9 Å². The van der Waals surface area contributed by atoms with Gasteiger partial charge in [0.25, 0.3) is 5.91 Å². The number of carbonyl (C=O) groups excluding carboxylic acids is 1. The fourth-order valence-electron chi connectivity index (χ4n) is 1.58. The Kier molecular flexibility index (Phi) is 3.28. The summed E-state index contributed by atoms with van der Waals surface area (Å²) in [5.74, 6) is -0.501.